The Kier molecular flexibility index (Phi) is 4.36. The fourth-order valence-electron chi connectivity index (χ4n) is 2.58. The van der Waals surface area contributed by atoms with Crippen molar-refractivity contribution in [2.45, 2.75) is 31.5 Å². The zero-order valence-electron chi connectivity index (χ0n) is 10.3. The molecule has 0 saturated carbocycles. The summed E-state index contributed by atoms with van der Waals surface area (Å²) >= 11 is 0. The van der Waals surface area contributed by atoms with Gasteiger partial charge in [-0.2, -0.15) is 0 Å². The lowest BCUT2D eigenvalue weighted by Crippen LogP contribution is -2.31. The molecular formula is C12H21NO4. The number of esters is 1. The smallest absolute Gasteiger partial charge is 0.311 e. The van der Waals surface area contributed by atoms with Crippen LogP contribution >= 0.6 is 0 Å². The van der Waals surface area contributed by atoms with Crippen molar-refractivity contribution < 1.29 is 19.4 Å². The second-order valence-electron chi connectivity index (χ2n) is 4.91. The van der Waals surface area contributed by atoms with Crippen LogP contribution in [-0.4, -0.2) is 61.5 Å². The van der Waals surface area contributed by atoms with E-state index in [9.17, 15) is 4.79 Å². The Bertz CT molecular complexity index is 271. The first-order valence-corrected chi connectivity index (χ1v) is 6.32. The molecule has 0 amide bonds. The third-order valence-corrected chi connectivity index (χ3v) is 3.61. The number of likely N-dealkylation sites (N-methyl/N-ethyl adjacent to an activating group) is 1. The van der Waals surface area contributed by atoms with Crippen LogP contribution in [0.5, 0.6) is 0 Å². The summed E-state index contributed by atoms with van der Waals surface area (Å²) in [5, 5.41) is 8.72. The highest BCUT2D eigenvalue weighted by Gasteiger charge is 2.45. The Balaban J connectivity index is 1.64. The van der Waals surface area contributed by atoms with E-state index >= 15 is 0 Å². The average molecular weight is 243 g/mol. The molecule has 98 valence electrons. The number of rotatable bonds is 6. The van der Waals surface area contributed by atoms with Crippen molar-refractivity contribution >= 4 is 5.97 Å². The monoisotopic (exact) mass is 243 g/mol. The van der Waals surface area contributed by atoms with Crippen LogP contribution in [0.15, 0.2) is 0 Å². The molecule has 2 saturated heterocycles. The number of nitrogens with zero attached hydrogens (tertiary/aromatic N) is 1. The van der Waals surface area contributed by atoms with Crippen molar-refractivity contribution in [2.75, 3.05) is 33.4 Å². The predicted molar refractivity (Wildman–Crippen MR) is 61.5 cm³/mol. The van der Waals surface area contributed by atoms with E-state index in [0.29, 0.717) is 19.7 Å². The van der Waals surface area contributed by atoms with E-state index in [1.807, 2.05) is 11.9 Å². The lowest BCUT2D eigenvalue weighted by atomic mass is 9.89. The van der Waals surface area contributed by atoms with Gasteiger partial charge in [0.25, 0.3) is 0 Å². The van der Waals surface area contributed by atoms with Crippen molar-refractivity contribution in [2.24, 2.45) is 5.92 Å². The lowest BCUT2D eigenvalue weighted by molar-refractivity contribution is -0.150. The second kappa shape index (κ2) is 5.80. The number of hydrogen-bond acceptors (Lipinski definition) is 5. The molecule has 17 heavy (non-hydrogen) atoms. The summed E-state index contributed by atoms with van der Waals surface area (Å²) in [6.45, 7) is 1.79. The van der Waals surface area contributed by atoms with Crippen LogP contribution in [0.4, 0.5) is 0 Å². The van der Waals surface area contributed by atoms with Crippen LogP contribution in [0.2, 0.25) is 0 Å². The number of carbonyl (C=O) groups excluding carboxylic acids is 1. The van der Waals surface area contributed by atoms with Gasteiger partial charge in [0, 0.05) is 13.1 Å². The van der Waals surface area contributed by atoms with Crippen molar-refractivity contribution in [1.82, 2.24) is 4.90 Å². The normalized spacial score (nSPS) is 31.1. The van der Waals surface area contributed by atoms with Crippen LogP contribution in [0.25, 0.3) is 0 Å². The summed E-state index contributed by atoms with van der Waals surface area (Å²) in [6, 6.07) is 0. The van der Waals surface area contributed by atoms with Crippen molar-refractivity contribution in [1.29, 1.82) is 0 Å². The van der Waals surface area contributed by atoms with E-state index in [1.54, 1.807) is 0 Å². The van der Waals surface area contributed by atoms with E-state index in [1.165, 1.54) is 0 Å². The van der Waals surface area contributed by atoms with Crippen molar-refractivity contribution in [3.63, 3.8) is 0 Å². The standard InChI is InChI=1S/C12H21NO4/c1-13(4-6-14)5-7-16-12(15)10-8-9-2-3-11(10)17-9/h9-11,14H,2-8H2,1H3. The Morgan fingerprint density at radius 3 is 2.88 bits per heavy atom. The molecular weight excluding hydrogens is 222 g/mol. The second-order valence-corrected chi connectivity index (χ2v) is 4.91. The highest BCUT2D eigenvalue weighted by molar-refractivity contribution is 5.73. The number of ether oxygens (including phenoxy) is 2. The van der Waals surface area contributed by atoms with Gasteiger partial charge in [-0.15, -0.1) is 0 Å². The number of aliphatic hydroxyl groups is 1. The van der Waals surface area contributed by atoms with Crippen molar-refractivity contribution in [3.8, 4) is 0 Å². The summed E-state index contributed by atoms with van der Waals surface area (Å²) in [4.78, 5) is 13.7. The summed E-state index contributed by atoms with van der Waals surface area (Å²) in [5.74, 6) is -0.161. The molecule has 3 unspecified atom stereocenters. The van der Waals surface area contributed by atoms with Crippen LogP contribution in [0.1, 0.15) is 19.3 Å². The molecule has 2 bridgehead atoms. The Labute approximate surface area is 102 Å². The SMILES string of the molecule is CN(CCO)CCOC(=O)C1CC2CCC1O2. The third kappa shape index (κ3) is 3.18. The fourth-order valence-corrected chi connectivity index (χ4v) is 2.58. The maximum atomic E-state index is 11.8. The van der Waals surface area contributed by atoms with Gasteiger partial charge in [0.15, 0.2) is 0 Å². The van der Waals surface area contributed by atoms with Crippen LogP contribution in [-0.2, 0) is 14.3 Å². The van der Waals surface area contributed by atoms with E-state index in [0.717, 1.165) is 19.3 Å². The van der Waals surface area contributed by atoms with Crippen molar-refractivity contribution in [3.05, 3.63) is 0 Å². The fraction of sp³-hybridized carbons (Fsp3) is 0.917. The third-order valence-electron chi connectivity index (χ3n) is 3.61. The van der Waals surface area contributed by atoms with Gasteiger partial charge in [-0.05, 0) is 26.3 Å². The van der Waals surface area contributed by atoms with Gasteiger partial charge in [-0.3, -0.25) is 4.79 Å². The number of hydrogen-bond donors (Lipinski definition) is 1. The Hall–Kier alpha value is -0.650. The molecule has 2 aliphatic rings. The van der Waals surface area contributed by atoms with E-state index in [4.69, 9.17) is 14.6 Å². The zero-order chi connectivity index (χ0) is 12.3. The van der Waals surface area contributed by atoms with Gasteiger partial charge in [0.2, 0.25) is 0 Å². The van der Waals surface area contributed by atoms with E-state index < -0.39 is 0 Å². The topological polar surface area (TPSA) is 59.0 Å². The highest BCUT2D eigenvalue weighted by Crippen LogP contribution is 2.39. The summed E-state index contributed by atoms with van der Waals surface area (Å²) in [6.07, 6.45) is 3.30. The minimum atomic E-state index is -0.116. The molecule has 2 fully saturated rings. The predicted octanol–water partition coefficient (Wildman–Crippen LogP) is 0.0212. The molecule has 0 aromatic rings. The number of fused-ring (bicyclic) bond motifs is 2. The largest absolute Gasteiger partial charge is 0.464 e. The number of carbonyl (C=O) groups is 1. The molecule has 0 radical (unpaired) electrons. The van der Waals surface area contributed by atoms with E-state index in [2.05, 4.69) is 0 Å². The summed E-state index contributed by atoms with van der Waals surface area (Å²) in [7, 11) is 1.89. The highest BCUT2D eigenvalue weighted by atomic mass is 16.5. The molecule has 0 spiro atoms. The lowest BCUT2D eigenvalue weighted by Gasteiger charge is -2.19. The average Bonchev–Trinajstić information content (AvgIpc) is 2.90. The molecule has 2 rings (SSSR count). The zero-order valence-corrected chi connectivity index (χ0v) is 10.3. The minimum absolute atomic E-state index is 0.0445. The Morgan fingerprint density at radius 1 is 1.47 bits per heavy atom. The molecule has 5 nitrogen and oxygen atoms in total. The molecule has 2 aliphatic heterocycles. The minimum Gasteiger partial charge on any atom is -0.464 e. The maximum Gasteiger partial charge on any atom is 0.311 e. The van der Waals surface area contributed by atoms with Crippen LogP contribution < -0.4 is 0 Å². The van der Waals surface area contributed by atoms with Gasteiger partial charge < -0.3 is 19.5 Å². The van der Waals surface area contributed by atoms with Gasteiger partial charge in [-0.25, -0.2) is 0 Å². The van der Waals surface area contributed by atoms with Gasteiger partial charge in [-0.1, -0.05) is 0 Å². The summed E-state index contributed by atoms with van der Waals surface area (Å²) in [5.41, 5.74) is 0. The van der Waals surface area contributed by atoms with E-state index in [-0.39, 0.29) is 30.7 Å². The van der Waals surface area contributed by atoms with Crippen LogP contribution in [0.3, 0.4) is 0 Å². The molecule has 0 aliphatic carbocycles. The molecule has 1 N–H and O–H groups in total. The van der Waals surface area contributed by atoms with Crippen LogP contribution in [0, 0.1) is 5.92 Å². The summed E-state index contributed by atoms with van der Waals surface area (Å²) < 4.78 is 10.9. The first-order valence-electron chi connectivity index (χ1n) is 6.32. The first-order chi connectivity index (χ1) is 8.20. The number of aliphatic hydroxyl groups excluding tert-OH is 1. The van der Waals surface area contributed by atoms with Gasteiger partial charge >= 0.3 is 5.97 Å². The molecule has 3 atom stereocenters. The van der Waals surface area contributed by atoms with Gasteiger partial charge in [0.05, 0.1) is 24.7 Å². The quantitative estimate of drug-likeness (QED) is 0.667. The molecule has 2 heterocycles. The Morgan fingerprint density at radius 2 is 2.29 bits per heavy atom. The first kappa shape index (κ1) is 12.8. The molecule has 0 aromatic heterocycles. The molecule has 0 aromatic carbocycles. The maximum absolute atomic E-state index is 11.8. The van der Waals surface area contributed by atoms with Gasteiger partial charge in [0.1, 0.15) is 6.61 Å². The molecule has 5 heteroatoms.